The molecule has 1 aromatic carbocycles. The zero-order chi connectivity index (χ0) is 15.4. The number of carbonyl (C=O) groups is 1. The normalized spacial score (nSPS) is 16.9. The van der Waals surface area contributed by atoms with Gasteiger partial charge in [0, 0.05) is 23.4 Å². The number of aromatic nitrogens is 1. The highest BCUT2D eigenvalue weighted by Crippen LogP contribution is 2.37. The Morgan fingerprint density at radius 2 is 1.86 bits per heavy atom. The van der Waals surface area contributed by atoms with Crippen LogP contribution in [0, 0.1) is 25.1 Å². The van der Waals surface area contributed by atoms with E-state index >= 15 is 0 Å². The summed E-state index contributed by atoms with van der Waals surface area (Å²) in [5.74, 6) is -0.0888. The van der Waals surface area contributed by atoms with Crippen LogP contribution in [0.1, 0.15) is 47.6 Å². The van der Waals surface area contributed by atoms with Crippen LogP contribution in [-0.2, 0) is 6.42 Å². The second-order valence-corrected chi connectivity index (χ2v) is 6.88. The molecule has 2 nitrogen and oxygen atoms in total. The molecule has 3 rings (SSSR count). The van der Waals surface area contributed by atoms with Crippen LogP contribution in [-0.4, -0.2) is 10.4 Å². The summed E-state index contributed by atoms with van der Waals surface area (Å²) >= 11 is 0. The van der Waals surface area contributed by atoms with Crippen molar-refractivity contribution >= 4 is 5.78 Å². The SMILES string of the molecule is Cc1ccc(F)c(-n2c(C)cc3c2CC(C)(C)CC3=O)c1. The van der Waals surface area contributed by atoms with E-state index in [9.17, 15) is 9.18 Å². The number of Topliss-reactive ketones (excluding diaryl/α,β-unsaturated/α-hetero) is 1. The Labute approximate surface area is 124 Å². The van der Waals surface area contributed by atoms with Crippen molar-refractivity contribution in [1.82, 2.24) is 4.57 Å². The molecule has 0 bridgehead atoms. The van der Waals surface area contributed by atoms with Gasteiger partial charge in [-0.25, -0.2) is 4.39 Å². The zero-order valence-corrected chi connectivity index (χ0v) is 13.0. The van der Waals surface area contributed by atoms with Crippen LogP contribution in [0.2, 0.25) is 0 Å². The van der Waals surface area contributed by atoms with Gasteiger partial charge in [-0.2, -0.15) is 0 Å². The lowest BCUT2D eigenvalue weighted by Gasteiger charge is -2.30. The van der Waals surface area contributed by atoms with Gasteiger partial charge in [0.25, 0.3) is 0 Å². The highest BCUT2D eigenvalue weighted by molar-refractivity contribution is 5.99. The largest absolute Gasteiger partial charge is 0.315 e. The molecule has 2 aromatic rings. The smallest absolute Gasteiger partial charge is 0.165 e. The molecule has 21 heavy (non-hydrogen) atoms. The maximum Gasteiger partial charge on any atom is 0.165 e. The Balaban J connectivity index is 2.26. The molecule has 0 radical (unpaired) electrons. The van der Waals surface area contributed by atoms with Gasteiger partial charge in [-0.15, -0.1) is 0 Å². The molecule has 0 unspecified atom stereocenters. The van der Waals surface area contributed by atoms with Gasteiger partial charge in [-0.3, -0.25) is 4.79 Å². The van der Waals surface area contributed by atoms with Crippen LogP contribution in [0.25, 0.3) is 5.69 Å². The number of hydrogen-bond donors (Lipinski definition) is 0. The standard InChI is InChI=1S/C18H20FNO/c1-11-5-6-14(19)15(7-11)20-12(2)8-13-16(20)9-18(3,4)10-17(13)21/h5-8H,9-10H2,1-4H3. The van der Waals surface area contributed by atoms with Gasteiger partial charge in [-0.05, 0) is 49.4 Å². The molecule has 0 atom stereocenters. The summed E-state index contributed by atoms with van der Waals surface area (Å²) in [6.45, 7) is 8.06. The van der Waals surface area contributed by atoms with Crippen molar-refractivity contribution in [1.29, 1.82) is 0 Å². The third-order valence-electron chi connectivity index (χ3n) is 4.21. The van der Waals surface area contributed by atoms with Crippen molar-refractivity contribution in [2.45, 2.75) is 40.5 Å². The van der Waals surface area contributed by atoms with Crippen LogP contribution in [0.4, 0.5) is 4.39 Å². The number of nitrogens with zero attached hydrogens (tertiary/aromatic N) is 1. The Kier molecular flexibility index (Phi) is 3.05. The highest BCUT2D eigenvalue weighted by Gasteiger charge is 2.34. The molecule has 0 fully saturated rings. The quantitative estimate of drug-likeness (QED) is 0.761. The van der Waals surface area contributed by atoms with E-state index in [0.717, 1.165) is 28.9 Å². The number of fused-ring (bicyclic) bond motifs is 1. The summed E-state index contributed by atoms with van der Waals surface area (Å²) in [4.78, 5) is 12.3. The number of carbonyl (C=O) groups excluding carboxylic acids is 1. The Morgan fingerprint density at radius 3 is 2.57 bits per heavy atom. The summed E-state index contributed by atoms with van der Waals surface area (Å²) in [6.07, 6.45) is 1.34. The second kappa shape index (κ2) is 4.55. The average molecular weight is 285 g/mol. The van der Waals surface area contributed by atoms with E-state index in [0.29, 0.717) is 12.1 Å². The summed E-state index contributed by atoms with van der Waals surface area (Å²) < 4.78 is 16.2. The molecule has 0 amide bonds. The Hall–Kier alpha value is -1.90. The lowest BCUT2D eigenvalue weighted by atomic mass is 9.76. The van der Waals surface area contributed by atoms with E-state index in [1.807, 2.05) is 30.5 Å². The number of benzene rings is 1. The van der Waals surface area contributed by atoms with Crippen LogP contribution < -0.4 is 0 Å². The number of ketones is 1. The molecule has 110 valence electrons. The minimum Gasteiger partial charge on any atom is -0.315 e. The van der Waals surface area contributed by atoms with E-state index in [1.54, 1.807) is 6.07 Å². The van der Waals surface area contributed by atoms with E-state index in [2.05, 4.69) is 13.8 Å². The first kappa shape index (κ1) is 14.1. The predicted octanol–water partition coefficient (Wildman–Crippen LogP) is 4.39. The fourth-order valence-electron chi connectivity index (χ4n) is 3.28. The molecule has 0 spiro atoms. The fourth-order valence-corrected chi connectivity index (χ4v) is 3.28. The van der Waals surface area contributed by atoms with Crippen molar-refractivity contribution < 1.29 is 9.18 Å². The maximum atomic E-state index is 14.3. The van der Waals surface area contributed by atoms with Gasteiger partial charge in [0.1, 0.15) is 5.82 Å². The summed E-state index contributed by atoms with van der Waals surface area (Å²) in [5.41, 5.74) is 4.09. The van der Waals surface area contributed by atoms with Crippen molar-refractivity contribution in [2.75, 3.05) is 0 Å². The highest BCUT2D eigenvalue weighted by atomic mass is 19.1. The molecular formula is C18H20FNO. The van der Waals surface area contributed by atoms with Crippen LogP contribution in [0.3, 0.4) is 0 Å². The molecule has 1 heterocycles. The van der Waals surface area contributed by atoms with Gasteiger partial charge < -0.3 is 4.57 Å². The van der Waals surface area contributed by atoms with E-state index in [1.165, 1.54) is 6.07 Å². The molecule has 1 aliphatic carbocycles. The summed E-state index contributed by atoms with van der Waals surface area (Å²) in [7, 11) is 0. The van der Waals surface area contributed by atoms with Crippen LogP contribution >= 0.6 is 0 Å². The average Bonchev–Trinajstić information content (AvgIpc) is 2.68. The Bertz CT molecular complexity index is 740. The van der Waals surface area contributed by atoms with Crippen molar-refractivity contribution in [3.63, 3.8) is 0 Å². The maximum absolute atomic E-state index is 14.3. The first-order valence-corrected chi connectivity index (χ1v) is 7.29. The first-order valence-electron chi connectivity index (χ1n) is 7.29. The van der Waals surface area contributed by atoms with Gasteiger partial charge in [0.2, 0.25) is 0 Å². The van der Waals surface area contributed by atoms with Gasteiger partial charge >= 0.3 is 0 Å². The first-order chi connectivity index (χ1) is 9.78. The van der Waals surface area contributed by atoms with Crippen molar-refractivity contribution in [2.24, 2.45) is 5.41 Å². The molecule has 1 aliphatic rings. The van der Waals surface area contributed by atoms with Gasteiger partial charge in [0.05, 0.1) is 5.69 Å². The van der Waals surface area contributed by atoms with Crippen molar-refractivity contribution in [3.8, 4) is 5.69 Å². The number of rotatable bonds is 1. The second-order valence-electron chi connectivity index (χ2n) is 6.88. The topological polar surface area (TPSA) is 22.0 Å². The molecular weight excluding hydrogens is 265 g/mol. The zero-order valence-electron chi connectivity index (χ0n) is 13.0. The van der Waals surface area contributed by atoms with Crippen molar-refractivity contribution in [3.05, 3.63) is 52.6 Å². The number of aryl methyl sites for hydroxylation is 2. The lowest BCUT2D eigenvalue weighted by molar-refractivity contribution is 0.0911. The monoisotopic (exact) mass is 285 g/mol. The third-order valence-corrected chi connectivity index (χ3v) is 4.21. The Morgan fingerprint density at radius 1 is 1.14 bits per heavy atom. The molecule has 3 heteroatoms. The predicted molar refractivity (Wildman–Crippen MR) is 81.6 cm³/mol. The molecule has 1 aromatic heterocycles. The summed E-state index contributed by atoms with van der Waals surface area (Å²) in [6, 6.07) is 6.99. The number of halogens is 1. The molecule has 0 aliphatic heterocycles. The minimum atomic E-state index is -0.252. The van der Waals surface area contributed by atoms with Gasteiger partial charge in [-0.1, -0.05) is 19.9 Å². The van der Waals surface area contributed by atoms with Gasteiger partial charge in [0.15, 0.2) is 5.78 Å². The van der Waals surface area contributed by atoms with E-state index in [4.69, 9.17) is 0 Å². The lowest BCUT2D eigenvalue weighted by Crippen LogP contribution is -2.28. The fraction of sp³-hybridized carbons (Fsp3) is 0.389. The van der Waals surface area contributed by atoms with Crippen LogP contribution in [0.15, 0.2) is 24.3 Å². The minimum absolute atomic E-state index is 0.0765. The van der Waals surface area contributed by atoms with Crippen LogP contribution in [0.5, 0.6) is 0 Å². The molecule has 0 saturated carbocycles. The third kappa shape index (κ3) is 2.31. The molecule has 0 N–H and O–H groups in total. The number of hydrogen-bond acceptors (Lipinski definition) is 1. The summed E-state index contributed by atoms with van der Waals surface area (Å²) in [5, 5.41) is 0. The molecule has 0 saturated heterocycles. The van der Waals surface area contributed by atoms with E-state index < -0.39 is 0 Å². The van der Waals surface area contributed by atoms with E-state index in [-0.39, 0.29) is 17.0 Å².